The zero-order valence-corrected chi connectivity index (χ0v) is 10.5. The molecule has 1 aromatic rings. The zero-order chi connectivity index (χ0) is 12.8. The number of ether oxygens (including phenoxy) is 1. The highest BCUT2D eigenvalue weighted by atomic mass is 19.1. The number of alkyl halides is 1. The van der Waals surface area contributed by atoms with Crippen molar-refractivity contribution in [1.29, 1.82) is 0 Å². The average molecular weight is 250 g/mol. The van der Waals surface area contributed by atoms with Crippen LogP contribution in [-0.2, 0) is 11.4 Å². The smallest absolute Gasteiger partial charge is 0.338 e. The summed E-state index contributed by atoms with van der Waals surface area (Å²) in [5.74, 6) is 0.169. The predicted molar refractivity (Wildman–Crippen MR) is 68.1 cm³/mol. The average Bonchev–Trinajstić information content (AvgIpc) is 2.46. The van der Waals surface area contributed by atoms with Crippen LogP contribution in [0.4, 0.5) is 4.39 Å². The highest BCUT2D eigenvalue weighted by molar-refractivity contribution is 5.89. The van der Waals surface area contributed by atoms with Crippen LogP contribution in [0, 0.1) is 5.92 Å². The molecule has 0 radical (unpaired) electrons. The van der Waals surface area contributed by atoms with Gasteiger partial charge in [-0.05, 0) is 36.5 Å². The van der Waals surface area contributed by atoms with Crippen LogP contribution in [-0.4, -0.2) is 12.6 Å². The fraction of sp³-hybridized carbons (Fsp3) is 0.533. The Balaban J connectivity index is 1.86. The minimum Gasteiger partial charge on any atom is -0.462 e. The molecule has 18 heavy (non-hydrogen) atoms. The van der Waals surface area contributed by atoms with Crippen LogP contribution in [0.3, 0.4) is 0 Å². The number of carbonyl (C=O) groups is 1. The second-order valence-electron chi connectivity index (χ2n) is 4.94. The number of carbonyl (C=O) groups excluding carboxylic acids is 1. The first kappa shape index (κ1) is 13.1. The number of halogens is 1. The molecule has 98 valence electrons. The Morgan fingerprint density at radius 2 is 2.06 bits per heavy atom. The fourth-order valence-corrected chi connectivity index (χ4v) is 2.41. The molecule has 0 amide bonds. The summed E-state index contributed by atoms with van der Waals surface area (Å²) in [5.41, 5.74) is 0.961. The summed E-state index contributed by atoms with van der Waals surface area (Å²) in [6.45, 7) is -0.0531. The van der Waals surface area contributed by atoms with Crippen molar-refractivity contribution in [2.24, 2.45) is 5.92 Å². The Labute approximate surface area is 107 Å². The molecule has 0 unspecified atom stereocenters. The molecule has 1 aliphatic carbocycles. The first-order valence-electron chi connectivity index (χ1n) is 6.61. The van der Waals surface area contributed by atoms with Gasteiger partial charge in [-0.25, -0.2) is 9.18 Å². The van der Waals surface area contributed by atoms with Crippen molar-refractivity contribution in [1.82, 2.24) is 0 Å². The van der Waals surface area contributed by atoms with E-state index < -0.39 is 6.67 Å². The van der Waals surface area contributed by atoms with E-state index in [0.29, 0.717) is 23.7 Å². The Hall–Kier alpha value is -1.38. The summed E-state index contributed by atoms with van der Waals surface area (Å²) in [6.07, 6.45) is 6.07. The lowest BCUT2D eigenvalue weighted by atomic mass is 9.90. The monoisotopic (exact) mass is 250 g/mol. The van der Waals surface area contributed by atoms with Gasteiger partial charge in [0.1, 0.15) is 6.67 Å². The SMILES string of the molecule is O=C(OCC1CCCCC1)c1cccc(CF)c1. The fourth-order valence-electron chi connectivity index (χ4n) is 2.41. The van der Waals surface area contributed by atoms with Crippen molar-refractivity contribution in [3.8, 4) is 0 Å². The lowest BCUT2D eigenvalue weighted by Crippen LogP contribution is -2.16. The first-order valence-corrected chi connectivity index (χ1v) is 6.61. The molecule has 0 spiro atoms. The van der Waals surface area contributed by atoms with Crippen molar-refractivity contribution >= 4 is 5.97 Å². The predicted octanol–water partition coefficient (Wildman–Crippen LogP) is 3.89. The van der Waals surface area contributed by atoms with Gasteiger partial charge >= 0.3 is 5.97 Å². The third kappa shape index (κ3) is 3.56. The summed E-state index contributed by atoms with van der Waals surface area (Å²) >= 11 is 0. The van der Waals surface area contributed by atoms with Crippen molar-refractivity contribution in [2.45, 2.75) is 38.8 Å². The van der Waals surface area contributed by atoms with E-state index >= 15 is 0 Å². The van der Waals surface area contributed by atoms with E-state index in [2.05, 4.69) is 0 Å². The van der Waals surface area contributed by atoms with Crippen molar-refractivity contribution in [3.63, 3.8) is 0 Å². The Morgan fingerprint density at radius 3 is 2.78 bits per heavy atom. The van der Waals surface area contributed by atoms with Crippen LogP contribution in [0.15, 0.2) is 24.3 Å². The van der Waals surface area contributed by atoms with Crippen LogP contribution < -0.4 is 0 Å². The van der Waals surface area contributed by atoms with E-state index in [0.717, 1.165) is 12.8 Å². The van der Waals surface area contributed by atoms with E-state index in [4.69, 9.17) is 4.74 Å². The summed E-state index contributed by atoms with van der Waals surface area (Å²) in [5, 5.41) is 0. The number of hydrogen-bond acceptors (Lipinski definition) is 2. The lowest BCUT2D eigenvalue weighted by Gasteiger charge is -2.21. The van der Waals surface area contributed by atoms with Gasteiger partial charge in [-0.2, -0.15) is 0 Å². The summed E-state index contributed by atoms with van der Waals surface area (Å²) < 4.78 is 17.8. The molecular weight excluding hydrogens is 231 g/mol. The quantitative estimate of drug-likeness (QED) is 0.758. The van der Waals surface area contributed by atoms with Gasteiger partial charge in [0.15, 0.2) is 0 Å². The normalized spacial score (nSPS) is 16.5. The third-order valence-corrected chi connectivity index (χ3v) is 3.49. The van der Waals surface area contributed by atoms with E-state index in [1.54, 1.807) is 24.3 Å². The molecule has 0 heterocycles. The highest BCUT2D eigenvalue weighted by Crippen LogP contribution is 2.24. The Morgan fingerprint density at radius 1 is 1.28 bits per heavy atom. The van der Waals surface area contributed by atoms with E-state index in [1.165, 1.54) is 19.3 Å². The maximum absolute atomic E-state index is 12.5. The summed E-state index contributed by atoms with van der Waals surface area (Å²) in [6, 6.07) is 6.58. The molecule has 0 N–H and O–H groups in total. The minimum absolute atomic E-state index is 0.337. The zero-order valence-electron chi connectivity index (χ0n) is 10.5. The van der Waals surface area contributed by atoms with Crippen molar-refractivity contribution < 1.29 is 13.9 Å². The molecule has 3 heteroatoms. The molecule has 0 aliphatic heterocycles. The van der Waals surface area contributed by atoms with Crippen molar-refractivity contribution in [2.75, 3.05) is 6.61 Å². The Bertz CT molecular complexity index is 397. The molecule has 0 bridgehead atoms. The number of hydrogen-bond donors (Lipinski definition) is 0. The number of esters is 1. The molecule has 1 saturated carbocycles. The molecule has 0 saturated heterocycles. The second kappa shape index (κ2) is 6.53. The van der Waals surface area contributed by atoms with E-state index in [9.17, 15) is 9.18 Å². The Kier molecular flexibility index (Phi) is 4.73. The molecule has 0 aromatic heterocycles. The minimum atomic E-state index is -0.552. The molecule has 1 aromatic carbocycles. The van der Waals surface area contributed by atoms with Gasteiger partial charge in [0.25, 0.3) is 0 Å². The summed E-state index contributed by atoms with van der Waals surface area (Å²) in [7, 11) is 0. The van der Waals surface area contributed by atoms with Gasteiger partial charge in [-0.3, -0.25) is 0 Å². The van der Waals surface area contributed by atoms with E-state index in [1.807, 2.05) is 0 Å². The summed E-state index contributed by atoms with van der Waals surface area (Å²) in [4.78, 5) is 11.8. The van der Waals surface area contributed by atoms with Gasteiger partial charge < -0.3 is 4.74 Å². The molecule has 2 rings (SSSR count). The van der Waals surface area contributed by atoms with Gasteiger partial charge in [-0.15, -0.1) is 0 Å². The molecule has 1 fully saturated rings. The molecular formula is C15H19FO2. The van der Waals surface area contributed by atoms with E-state index in [-0.39, 0.29) is 5.97 Å². The second-order valence-corrected chi connectivity index (χ2v) is 4.94. The number of benzene rings is 1. The molecule has 1 aliphatic rings. The molecule has 2 nitrogen and oxygen atoms in total. The molecule has 0 atom stereocenters. The van der Waals surface area contributed by atoms with Gasteiger partial charge in [0, 0.05) is 0 Å². The standard InChI is InChI=1S/C15H19FO2/c16-10-13-7-4-8-14(9-13)15(17)18-11-12-5-2-1-3-6-12/h4,7-9,12H,1-3,5-6,10-11H2. The van der Waals surface area contributed by atoms with Crippen LogP contribution in [0.25, 0.3) is 0 Å². The van der Waals surface area contributed by atoms with Crippen LogP contribution in [0.2, 0.25) is 0 Å². The van der Waals surface area contributed by atoms with Gasteiger partial charge in [-0.1, -0.05) is 31.4 Å². The van der Waals surface area contributed by atoms with Gasteiger partial charge in [0.05, 0.1) is 12.2 Å². The van der Waals surface area contributed by atoms with Gasteiger partial charge in [0.2, 0.25) is 0 Å². The van der Waals surface area contributed by atoms with Crippen LogP contribution in [0.5, 0.6) is 0 Å². The lowest BCUT2D eigenvalue weighted by molar-refractivity contribution is 0.0410. The maximum atomic E-state index is 12.5. The number of rotatable bonds is 4. The highest BCUT2D eigenvalue weighted by Gasteiger charge is 2.16. The van der Waals surface area contributed by atoms with Crippen molar-refractivity contribution in [3.05, 3.63) is 35.4 Å². The largest absolute Gasteiger partial charge is 0.462 e. The third-order valence-electron chi connectivity index (χ3n) is 3.49. The van der Waals surface area contributed by atoms with Crippen LogP contribution in [0.1, 0.15) is 48.0 Å². The maximum Gasteiger partial charge on any atom is 0.338 e. The van der Waals surface area contributed by atoms with Crippen LogP contribution >= 0.6 is 0 Å². The topological polar surface area (TPSA) is 26.3 Å². The first-order chi connectivity index (χ1) is 8.79.